The molecular weight excluding hydrogens is 419 g/mol. The number of rotatable bonds is 9. The number of ether oxygens (including phenoxy) is 2. The van der Waals surface area contributed by atoms with Crippen LogP contribution in [-0.2, 0) is 17.9 Å². The number of benzene rings is 2. The summed E-state index contributed by atoms with van der Waals surface area (Å²) < 4.78 is 24.7. The van der Waals surface area contributed by atoms with Gasteiger partial charge in [0.25, 0.3) is 0 Å². The van der Waals surface area contributed by atoms with Crippen molar-refractivity contribution in [1.29, 1.82) is 0 Å². The van der Waals surface area contributed by atoms with Gasteiger partial charge >= 0.3 is 0 Å². The highest BCUT2D eigenvalue weighted by atomic mass is 35.5. The molecule has 168 valence electrons. The summed E-state index contributed by atoms with van der Waals surface area (Å²) in [5.41, 5.74) is 1.46. The smallest absolute Gasteiger partial charge is 0.220 e. The number of amides is 1. The van der Waals surface area contributed by atoms with Crippen LogP contribution in [0.2, 0.25) is 5.02 Å². The summed E-state index contributed by atoms with van der Waals surface area (Å²) >= 11 is 6.18. The molecule has 2 aromatic carbocycles. The summed E-state index contributed by atoms with van der Waals surface area (Å²) in [4.78, 5) is 14.6. The van der Waals surface area contributed by atoms with Crippen molar-refractivity contribution in [2.75, 3.05) is 27.3 Å². The van der Waals surface area contributed by atoms with E-state index in [1.54, 1.807) is 32.4 Å². The highest BCUT2D eigenvalue weighted by molar-refractivity contribution is 6.31. The molecule has 1 N–H and O–H groups in total. The van der Waals surface area contributed by atoms with E-state index in [1.165, 1.54) is 6.07 Å². The monoisotopic (exact) mass is 448 g/mol. The Labute approximate surface area is 188 Å². The van der Waals surface area contributed by atoms with E-state index in [1.807, 2.05) is 12.1 Å². The van der Waals surface area contributed by atoms with Crippen LogP contribution in [0.5, 0.6) is 11.5 Å². The summed E-state index contributed by atoms with van der Waals surface area (Å²) in [5, 5.41) is 3.44. The molecule has 1 aliphatic heterocycles. The Morgan fingerprint density at radius 3 is 2.84 bits per heavy atom. The molecule has 7 heteroatoms. The molecule has 0 unspecified atom stereocenters. The minimum atomic E-state index is -0.261. The van der Waals surface area contributed by atoms with E-state index in [9.17, 15) is 9.18 Å². The molecule has 1 aliphatic rings. The minimum Gasteiger partial charge on any atom is -0.497 e. The highest BCUT2D eigenvalue weighted by Crippen LogP contribution is 2.27. The van der Waals surface area contributed by atoms with Gasteiger partial charge in [0.1, 0.15) is 17.3 Å². The molecule has 3 rings (SSSR count). The second-order valence-electron chi connectivity index (χ2n) is 7.94. The lowest BCUT2D eigenvalue weighted by Gasteiger charge is -2.33. The van der Waals surface area contributed by atoms with Gasteiger partial charge in [-0.15, -0.1) is 0 Å². The molecule has 1 saturated heterocycles. The van der Waals surface area contributed by atoms with Crippen LogP contribution in [-0.4, -0.2) is 38.1 Å². The number of hydrogen-bond donors (Lipinski definition) is 1. The van der Waals surface area contributed by atoms with Crippen molar-refractivity contribution in [3.63, 3.8) is 0 Å². The Balaban J connectivity index is 1.46. The molecule has 1 atom stereocenters. The van der Waals surface area contributed by atoms with Crippen LogP contribution in [0.1, 0.15) is 36.8 Å². The van der Waals surface area contributed by atoms with Crippen LogP contribution >= 0.6 is 11.6 Å². The highest BCUT2D eigenvalue weighted by Gasteiger charge is 2.22. The third kappa shape index (κ3) is 6.58. The maximum absolute atomic E-state index is 14.1. The molecule has 1 heterocycles. The van der Waals surface area contributed by atoms with Crippen molar-refractivity contribution >= 4 is 17.5 Å². The molecule has 0 radical (unpaired) electrons. The van der Waals surface area contributed by atoms with Crippen molar-refractivity contribution in [1.82, 2.24) is 10.2 Å². The van der Waals surface area contributed by atoms with E-state index in [4.69, 9.17) is 21.1 Å². The zero-order valence-corrected chi connectivity index (χ0v) is 18.9. The molecule has 1 fully saturated rings. The van der Waals surface area contributed by atoms with E-state index >= 15 is 0 Å². The second kappa shape index (κ2) is 11.3. The molecule has 31 heavy (non-hydrogen) atoms. The predicted octanol–water partition coefficient (Wildman–Crippen LogP) is 4.80. The molecular formula is C24H30ClFN2O3. The Kier molecular flexibility index (Phi) is 8.55. The number of methoxy groups -OCH3 is 2. The third-order valence-corrected chi connectivity index (χ3v) is 6.15. The van der Waals surface area contributed by atoms with Crippen LogP contribution in [0.3, 0.4) is 0 Å². The van der Waals surface area contributed by atoms with E-state index in [2.05, 4.69) is 10.2 Å². The predicted molar refractivity (Wildman–Crippen MR) is 120 cm³/mol. The molecule has 5 nitrogen and oxygen atoms in total. The van der Waals surface area contributed by atoms with Gasteiger partial charge in [-0.05, 0) is 56.0 Å². The number of hydrogen-bond acceptors (Lipinski definition) is 4. The third-order valence-electron chi connectivity index (χ3n) is 5.80. The van der Waals surface area contributed by atoms with Gasteiger partial charge in [0, 0.05) is 48.3 Å². The lowest BCUT2D eigenvalue weighted by molar-refractivity contribution is -0.121. The van der Waals surface area contributed by atoms with Gasteiger partial charge < -0.3 is 14.8 Å². The van der Waals surface area contributed by atoms with Crippen molar-refractivity contribution in [3.05, 3.63) is 58.4 Å². The van der Waals surface area contributed by atoms with Crippen LogP contribution in [0.4, 0.5) is 4.39 Å². The first-order valence-electron chi connectivity index (χ1n) is 10.6. The average Bonchev–Trinajstić information content (AvgIpc) is 2.79. The van der Waals surface area contributed by atoms with Crippen LogP contribution in [0.25, 0.3) is 0 Å². The fourth-order valence-electron chi connectivity index (χ4n) is 4.05. The summed E-state index contributed by atoms with van der Waals surface area (Å²) in [6, 6.07) is 10.3. The number of carbonyl (C=O) groups excluding carboxylic acids is 1. The van der Waals surface area contributed by atoms with E-state index in [0.717, 1.165) is 37.9 Å². The lowest BCUT2D eigenvalue weighted by atomic mass is 9.93. The topological polar surface area (TPSA) is 50.8 Å². The van der Waals surface area contributed by atoms with Crippen LogP contribution < -0.4 is 14.8 Å². The first-order valence-corrected chi connectivity index (χ1v) is 11.0. The molecule has 2 aromatic rings. The van der Waals surface area contributed by atoms with E-state index in [0.29, 0.717) is 47.5 Å². The number of carbonyl (C=O) groups is 1. The minimum absolute atomic E-state index is 0.0205. The molecule has 0 saturated carbocycles. The van der Waals surface area contributed by atoms with Gasteiger partial charge in [-0.1, -0.05) is 17.7 Å². The molecule has 0 bridgehead atoms. The van der Waals surface area contributed by atoms with Gasteiger partial charge in [-0.3, -0.25) is 9.69 Å². The zero-order valence-electron chi connectivity index (χ0n) is 18.1. The Hall–Kier alpha value is -2.31. The number of nitrogens with zero attached hydrogens (tertiary/aromatic N) is 1. The van der Waals surface area contributed by atoms with Gasteiger partial charge in [-0.25, -0.2) is 4.39 Å². The van der Waals surface area contributed by atoms with E-state index in [-0.39, 0.29) is 11.7 Å². The normalized spacial score (nSPS) is 16.7. The number of halogens is 2. The van der Waals surface area contributed by atoms with Gasteiger partial charge in [-0.2, -0.15) is 0 Å². The van der Waals surface area contributed by atoms with Crippen molar-refractivity contribution in [2.24, 2.45) is 5.92 Å². The Morgan fingerprint density at radius 1 is 1.26 bits per heavy atom. The standard InChI is InChI=1S/C24H30ClFN2O3/c1-30-19-10-9-18(23(13-19)31-2)14-27-24(29)11-8-17-5-4-12-28(15-17)16-20-21(25)6-3-7-22(20)26/h3,6-7,9-10,13,17H,4-5,8,11-12,14-16H2,1-2H3,(H,27,29)/t17-/m0/s1. The summed E-state index contributed by atoms with van der Waals surface area (Å²) in [7, 11) is 3.21. The SMILES string of the molecule is COc1ccc(CNC(=O)CC[C@@H]2CCCN(Cc3c(F)cccc3Cl)C2)c(OC)c1. The van der Waals surface area contributed by atoms with Crippen molar-refractivity contribution in [3.8, 4) is 11.5 Å². The van der Waals surface area contributed by atoms with Crippen LogP contribution in [0, 0.1) is 11.7 Å². The Bertz CT molecular complexity index is 873. The molecule has 0 aromatic heterocycles. The van der Waals surface area contributed by atoms with Gasteiger partial charge in [0.15, 0.2) is 0 Å². The van der Waals surface area contributed by atoms with Gasteiger partial charge in [0.2, 0.25) is 5.91 Å². The maximum Gasteiger partial charge on any atom is 0.220 e. The summed E-state index contributed by atoms with van der Waals surface area (Å²) in [6.07, 6.45) is 3.41. The van der Waals surface area contributed by atoms with Crippen molar-refractivity contribution < 1.29 is 18.7 Å². The Morgan fingerprint density at radius 2 is 2.10 bits per heavy atom. The molecule has 0 aliphatic carbocycles. The quantitative estimate of drug-likeness (QED) is 0.598. The summed E-state index contributed by atoms with van der Waals surface area (Å²) in [6.45, 7) is 2.69. The molecule has 0 spiro atoms. The molecule has 1 amide bonds. The van der Waals surface area contributed by atoms with Crippen molar-refractivity contribution in [2.45, 2.75) is 38.8 Å². The number of likely N-dealkylation sites (tertiary alicyclic amines) is 1. The van der Waals surface area contributed by atoms with E-state index < -0.39 is 0 Å². The largest absolute Gasteiger partial charge is 0.497 e. The lowest BCUT2D eigenvalue weighted by Crippen LogP contribution is -2.36. The summed E-state index contributed by atoms with van der Waals surface area (Å²) in [5.74, 6) is 1.58. The fourth-order valence-corrected chi connectivity index (χ4v) is 4.28. The average molecular weight is 449 g/mol. The first-order chi connectivity index (χ1) is 15.0. The maximum atomic E-state index is 14.1. The fraction of sp³-hybridized carbons (Fsp3) is 0.458. The number of nitrogens with one attached hydrogen (secondary N) is 1. The van der Waals surface area contributed by atoms with Crippen LogP contribution in [0.15, 0.2) is 36.4 Å². The van der Waals surface area contributed by atoms with Gasteiger partial charge in [0.05, 0.1) is 14.2 Å². The first kappa shape index (κ1) is 23.4. The second-order valence-corrected chi connectivity index (χ2v) is 8.34. The zero-order chi connectivity index (χ0) is 22.2. The number of piperidine rings is 1.